The van der Waals surface area contributed by atoms with Crippen LogP contribution < -0.4 is 10.7 Å². The molecular weight excluding hydrogens is 306 g/mol. The third-order valence-corrected chi connectivity index (χ3v) is 3.22. The third kappa shape index (κ3) is 5.14. The minimum Gasteiger partial charge on any atom is -0.346 e. The van der Waals surface area contributed by atoms with Gasteiger partial charge in [0.25, 0.3) is 0 Å². The number of carbonyl (C=O) groups excluding carboxylic acids is 2. The van der Waals surface area contributed by atoms with Gasteiger partial charge in [-0.2, -0.15) is 10.2 Å². The molecule has 22 heavy (non-hydrogen) atoms. The molecule has 2 N–H and O–H groups in total. The number of carbonyl (C=O) groups is 2. The number of rotatable bonds is 6. The van der Waals surface area contributed by atoms with Crippen molar-refractivity contribution >= 4 is 29.6 Å². The molecule has 0 aromatic carbocycles. The molecule has 1 aromatic heterocycles. The predicted octanol–water partition coefficient (Wildman–Crippen LogP) is 1.62. The van der Waals surface area contributed by atoms with E-state index in [1.807, 2.05) is 6.92 Å². The number of amides is 2. The van der Waals surface area contributed by atoms with E-state index in [-0.39, 0.29) is 6.04 Å². The number of unbranched alkanes of at least 4 members (excludes halogenated alkanes) is 1. The summed E-state index contributed by atoms with van der Waals surface area (Å²) in [4.78, 5) is 22.9. The largest absolute Gasteiger partial charge is 0.346 e. The summed E-state index contributed by atoms with van der Waals surface area (Å²) in [5.41, 5.74) is 3.51. The molecule has 122 valence electrons. The van der Waals surface area contributed by atoms with Crippen molar-refractivity contribution in [3.05, 3.63) is 16.4 Å². The summed E-state index contributed by atoms with van der Waals surface area (Å²) in [6.45, 7) is 8.16. The summed E-state index contributed by atoms with van der Waals surface area (Å²) in [5.74, 6) is -1.55. The Morgan fingerprint density at radius 1 is 1.41 bits per heavy atom. The van der Waals surface area contributed by atoms with Crippen molar-refractivity contribution in [1.29, 1.82) is 0 Å². The van der Waals surface area contributed by atoms with Crippen LogP contribution in [0.1, 0.15) is 44.9 Å². The normalized spacial score (nSPS) is 11.2. The van der Waals surface area contributed by atoms with Gasteiger partial charge in [-0.15, -0.1) is 0 Å². The van der Waals surface area contributed by atoms with E-state index in [9.17, 15) is 9.59 Å². The van der Waals surface area contributed by atoms with Crippen molar-refractivity contribution in [3.63, 3.8) is 0 Å². The van der Waals surface area contributed by atoms with E-state index in [1.54, 1.807) is 18.5 Å². The maximum Gasteiger partial charge on any atom is 0.329 e. The summed E-state index contributed by atoms with van der Waals surface area (Å²) in [6.07, 6.45) is 3.41. The highest BCUT2D eigenvalue weighted by Gasteiger charge is 2.14. The molecule has 0 aliphatic rings. The third-order valence-electron chi connectivity index (χ3n) is 2.82. The van der Waals surface area contributed by atoms with Gasteiger partial charge in [0.05, 0.1) is 17.5 Å². The number of nitrogens with zero attached hydrogens (tertiary/aromatic N) is 3. The van der Waals surface area contributed by atoms with Gasteiger partial charge in [-0.1, -0.05) is 24.9 Å². The van der Waals surface area contributed by atoms with Crippen molar-refractivity contribution in [1.82, 2.24) is 20.5 Å². The van der Waals surface area contributed by atoms with Crippen molar-refractivity contribution in [2.24, 2.45) is 5.10 Å². The lowest BCUT2D eigenvalue weighted by Crippen LogP contribution is -2.41. The fourth-order valence-corrected chi connectivity index (χ4v) is 2.01. The van der Waals surface area contributed by atoms with Gasteiger partial charge in [0.1, 0.15) is 5.15 Å². The van der Waals surface area contributed by atoms with Crippen LogP contribution >= 0.6 is 11.6 Å². The summed E-state index contributed by atoms with van der Waals surface area (Å²) in [7, 11) is 0. The minimum atomic E-state index is -0.822. The average molecular weight is 328 g/mol. The molecule has 1 rings (SSSR count). The Bertz CT molecular complexity index is 566. The molecule has 0 saturated carbocycles. The zero-order valence-electron chi connectivity index (χ0n) is 13.3. The van der Waals surface area contributed by atoms with E-state index in [2.05, 4.69) is 27.9 Å². The fraction of sp³-hybridized carbons (Fsp3) is 0.571. The Morgan fingerprint density at radius 3 is 2.68 bits per heavy atom. The lowest BCUT2D eigenvalue weighted by atomic mass is 10.3. The monoisotopic (exact) mass is 327 g/mol. The number of aromatic nitrogens is 2. The molecule has 1 heterocycles. The highest BCUT2D eigenvalue weighted by Crippen LogP contribution is 2.18. The van der Waals surface area contributed by atoms with E-state index >= 15 is 0 Å². The first kappa shape index (κ1) is 18.2. The first-order chi connectivity index (χ1) is 10.4. The molecular formula is C14H22ClN5O2. The van der Waals surface area contributed by atoms with Crippen molar-refractivity contribution in [2.75, 3.05) is 0 Å². The Morgan fingerprint density at radius 2 is 2.09 bits per heavy atom. The number of nitrogens with one attached hydrogen (secondary N) is 2. The first-order valence-corrected chi connectivity index (χ1v) is 7.61. The summed E-state index contributed by atoms with van der Waals surface area (Å²) < 4.78 is 1.70. The van der Waals surface area contributed by atoms with Gasteiger partial charge in [0.15, 0.2) is 0 Å². The highest BCUT2D eigenvalue weighted by molar-refractivity contribution is 6.35. The summed E-state index contributed by atoms with van der Waals surface area (Å²) in [6, 6.07) is -0.115. The zero-order valence-corrected chi connectivity index (χ0v) is 14.1. The summed E-state index contributed by atoms with van der Waals surface area (Å²) in [5, 5.41) is 11.0. The van der Waals surface area contributed by atoms with Gasteiger partial charge in [0.2, 0.25) is 0 Å². The number of aryl methyl sites for hydroxylation is 2. The molecule has 0 spiro atoms. The van der Waals surface area contributed by atoms with Crippen molar-refractivity contribution in [2.45, 2.75) is 53.1 Å². The molecule has 0 aliphatic heterocycles. The van der Waals surface area contributed by atoms with E-state index in [0.717, 1.165) is 19.4 Å². The molecule has 1 aromatic rings. The van der Waals surface area contributed by atoms with Crippen molar-refractivity contribution < 1.29 is 9.59 Å². The number of halogens is 1. The molecule has 7 nitrogen and oxygen atoms in total. The summed E-state index contributed by atoms with van der Waals surface area (Å²) >= 11 is 6.23. The van der Waals surface area contributed by atoms with Crippen LogP contribution in [0.5, 0.6) is 0 Å². The highest BCUT2D eigenvalue weighted by atomic mass is 35.5. The quantitative estimate of drug-likeness (QED) is 0.473. The van der Waals surface area contributed by atoms with E-state index in [1.165, 1.54) is 6.21 Å². The Hall–Kier alpha value is -1.89. The zero-order chi connectivity index (χ0) is 16.7. The molecule has 0 atom stereocenters. The van der Waals surface area contributed by atoms with Crippen LogP contribution in [-0.2, 0) is 16.1 Å². The molecule has 8 heteroatoms. The number of hydrogen-bond donors (Lipinski definition) is 2. The van der Waals surface area contributed by atoms with Gasteiger partial charge < -0.3 is 5.32 Å². The molecule has 2 amide bonds. The van der Waals surface area contributed by atoms with Gasteiger partial charge in [-0.3, -0.25) is 14.3 Å². The van der Waals surface area contributed by atoms with E-state index < -0.39 is 11.8 Å². The second kappa shape index (κ2) is 8.53. The topological polar surface area (TPSA) is 88.4 Å². The van der Waals surface area contributed by atoms with Gasteiger partial charge in [-0.05, 0) is 27.2 Å². The molecule has 0 aliphatic carbocycles. The molecule has 0 fully saturated rings. The van der Waals surface area contributed by atoms with Crippen LogP contribution in [0.2, 0.25) is 5.15 Å². The van der Waals surface area contributed by atoms with Gasteiger partial charge >= 0.3 is 11.8 Å². The van der Waals surface area contributed by atoms with Crippen LogP contribution in [0.3, 0.4) is 0 Å². The van der Waals surface area contributed by atoms with E-state index in [0.29, 0.717) is 16.4 Å². The molecule has 0 radical (unpaired) electrons. The van der Waals surface area contributed by atoms with Crippen LogP contribution in [0.4, 0.5) is 0 Å². The second-order valence-corrected chi connectivity index (χ2v) is 5.55. The van der Waals surface area contributed by atoms with Crippen LogP contribution in [-0.4, -0.2) is 33.9 Å². The van der Waals surface area contributed by atoms with Crippen LogP contribution in [0, 0.1) is 6.92 Å². The Balaban J connectivity index is 2.68. The second-order valence-electron chi connectivity index (χ2n) is 5.19. The maximum absolute atomic E-state index is 11.5. The average Bonchev–Trinajstić information content (AvgIpc) is 2.71. The lowest BCUT2D eigenvalue weighted by Gasteiger charge is -2.05. The standard InChI is InChI=1S/C14H22ClN5O2/c1-5-6-7-20-12(15)11(10(4)19-20)8-16-18-14(22)13(21)17-9(2)3/h8-9H,5-7H2,1-4H3,(H,17,21)(H,18,22)/b16-8-. The van der Waals surface area contributed by atoms with Gasteiger partial charge in [0, 0.05) is 12.6 Å². The molecule has 0 bridgehead atoms. The Kier molecular flexibility index (Phi) is 7.04. The fourth-order valence-electron chi connectivity index (χ4n) is 1.70. The van der Waals surface area contributed by atoms with E-state index in [4.69, 9.17) is 11.6 Å². The SMILES string of the molecule is CCCCn1nc(C)c(/C=N\NC(=O)C(=O)NC(C)C)c1Cl. The first-order valence-electron chi connectivity index (χ1n) is 7.23. The number of hydrazone groups is 1. The molecule has 0 unspecified atom stereocenters. The van der Waals surface area contributed by atoms with Gasteiger partial charge in [-0.25, -0.2) is 5.43 Å². The van der Waals surface area contributed by atoms with Crippen LogP contribution in [0.15, 0.2) is 5.10 Å². The lowest BCUT2D eigenvalue weighted by molar-refractivity contribution is -0.139. The maximum atomic E-state index is 11.5. The number of hydrogen-bond acceptors (Lipinski definition) is 4. The molecule has 0 saturated heterocycles. The van der Waals surface area contributed by atoms with Crippen LogP contribution in [0.25, 0.3) is 0 Å². The predicted molar refractivity (Wildman–Crippen MR) is 85.9 cm³/mol. The minimum absolute atomic E-state index is 0.115. The Labute approximate surface area is 135 Å². The smallest absolute Gasteiger partial charge is 0.329 e. The van der Waals surface area contributed by atoms with Crippen molar-refractivity contribution in [3.8, 4) is 0 Å².